The molecule has 2 aromatic carbocycles. The zero-order valence-corrected chi connectivity index (χ0v) is 18.4. The van der Waals surface area contributed by atoms with Crippen LogP contribution in [0.25, 0.3) is 5.69 Å². The molecule has 32 heavy (non-hydrogen) atoms. The molecule has 0 aliphatic carbocycles. The van der Waals surface area contributed by atoms with Gasteiger partial charge in [-0.3, -0.25) is 4.79 Å². The van der Waals surface area contributed by atoms with Crippen LogP contribution < -0.4 is 10.1 Å². The predicted molar refractivity (Wildman–Crippen MR) is 115 cm³/mol. The number of sulfonamides is 1. The summed E-state index contributed by atoms with van der Waals surface area (Å²) >= 11 is 0. The molecule has 0 radical (unpaired) electrons. The fourth-order valence-electron chi connectivity index (χ4n) is 3.75. The van der Waals surface area contributed by atoms with Gasteiger partial charge in [0.2, 0.25) is 15.9 Å². The van der Waals surface area contributed by atoms with Crippen molar-refractivity contribution >= 4 is 15.9 Å². The Morgan fingerprint density at radius 3 is 2.69 bits per heavy atom. The van der Waals surface area contributed by atoms with Gasteiger partial charge in [0.1, 0.15) is 12.1 Å². The van der Waals surface area contributed by atoms with E-state index < -0.39 is 15.9 Å². The van der Waals surface area contributed by atoms with Crippen LogP contribution in [0.1, 0.15) is 18.4 Å². The second-order valence-corrected chi connectivity index (χ2v) is 9.42. The van der Waals surface area contributed by atoms with E-state index in [0.29, 0.717) is 37.4 Å². The maximum absolute atomic E-state index is 13.1. The first kappa shape index (κ1) is 21.9. The molecule has 1 fully saturated rings. The predicted octanol–water partition coefficient (Wildman–Crippen LogP) is 1.39. The molecule has 10 nitrogen and oxygen atoms in total. The highest BCUT2D eigenvalue weighted by Crippen LogP contribution is 2.25. The van der Waals surface area contributed by atoms with Crippen molar-refractivity contribution in [3.63, 3.8) is 0 Å². The lowest BCUT2D eigenvalue weighted by atomic mass is 9.98. The molecule has 2 heterocycles. The monoisotopic (exact) mass is 456 g/mol. The smallest absolute Gasteiger partial charge is 0.243 e. The van der Waals surface area contributed by atoms with E-state index >= 15 is 0 Å². The van der Waals surface area contributed by atoms with Crippen LogP contribution in [0, 0.1) is 5.92 Å². The van der Waals surface area contributed by atoms with Crippen LogP contribution >= 0.6 is 0 Å². The van der Waals surface area contributed by atoms with E-state index in [1.54, 1.807) is 19.2 Å². The van der Waals surface area contributed by atoms with Crippen LogP contribution in [0.3, 0.4) is 0 Å². The Bertz CT molecular complexity index is 1170. The summed E-state index contributed by atoms with van der Waals surface area (Å²) < 4.78 is 34.4. The minimum absolute atomic E-state index is 0.148. The van der Waals surface area contributed by atoms with Gasteiger partial charge in [0.25, 0.3) is 0 Å². The number of aromatic nitrogens is 4. The minimum Gasteiger partial charge on any atom is -0.496 e. The average Bonchev–Trinajstić information content (AvgIpc) is 3.38. The van der Waals surface area contributed by atoms with Gasteiger partial charge in [0.15, 0.2) is 0 Å². The van der Waals surface area contributed by atoms with Crippen LogP contribution in [0.2, 0.25) is 0 Å². The fraction of sp³-hybridized carbons (Fsp3) is 0.333. The minimum atomic E-state index is -3.72. The van der Waals surface area contributed by atoms with Gasteiger partial charge in [-0.15, -0.1) is 5.10 Å². The lowest BCUT2D eigenvalue weighted by Crippen LogP contribution is -2.45. The molecule has 1 aromatic heterocycles. The number of carbonyl (C=O) groups excluding carboxylic acids is 1. The van der Waals surface area contributed by atoms with Crippen LogP contribution in [-0.2, 0) is 21.4 Å². The first-order chi connectivity index (χ1) is 15.5. The fourth-order valence-corrected chi connectivity index (χ4v) is 5.27. The number of amides is 1. The van der Waals surface area contributed by atoms with Crippen LogP contribution in [0.4, 0.5) is 0 Å². The van der Waals surface area contributed by atoms with Gasteiger partial charge in [-0.25, -0.2) is 13.1 Å². The molecular formula is C21H24N6O4S. The molecule has 1 unspecified atom stereocenters. The van der Waals surface area contributed by atoms with E-state index in [-0.39, 0.29) is 17.3 Å². The number of nitrogens with zero attached hydrogens (tertiary/aromatic N) is 5. The number of hydrogen-bond donors (Lipinski definition) is 1. The van der Waals surface area contributed by atoms with E-state index in [2.05, 4.69) is 20.8 Å². The number of tetrazole rings is 1. The van der Waals surface area contributed by atoms with Crippen molar-refractivity contribution in [1.82, 2.24) is 29.8 Å². The van der Waals surface area contributed by atoms with Crippen molar-refractivity contribution in [3.05, 3.63) is 60.4 Å². The number of ether oxygens (including phenoxy) is 1. The van der Waals surface area contributed by atoms with Crippen LogP contribution in [-0.4, -0.2) is 59.0 Å². The van der Waals surface area contributed by atoms with E-state index in [9.17, 15) is 13.2 Å². The Labute approximate surface area is 186 Å². The quantitative estimate of drug-likeness (QED) is 0.570. The number of rotatable bonds is 7. The molecule has 0 bridgehead atoms. The molecule has 1 saturated heterocycles. The summed E-state index contributed by atoms with van der Waals surface area (Å²) in [6.07, 6.45) is 2.69. The van der Waals surface area contributed by atoms with E-state index in [1.807, 2.05) is 24.3 Å². The Morgan fingerprint density at radius 1 is 1.19 bits per heavy atom. The highest BCUT2D eigenvalue weighted by Gasteiger charge is 2.33. The lowest BCUT2D eigenvalue weighted by molar-refractivity contribution is -0.126. The molecule has 1 amide bonds. The molecule has 11 heteroatoms. The Hall–Kier alpha value is -3.31. The Kier molecular flexibility index (Phi) is 6.47. The third kappa shape index (κ3) is 4.63. The number of benzene rings is 2. The summed E-state index contributed by atoms with van der Waals surface area (Å²) in [6, 6.07) is 13.8. The first-order valence-corrected chi connectivity index (χ1v) is 11.7. The molecule has 1 N–H and O–H groups in total. The van der Waals surface area contributed by atoms with Crippen molar-refractivity contribution < 1.29 is 17.9 Å². The molecule has 4 rings (SSSR count). The second kappa shape index (κ2) is 9.45. The standard InChI is InChI=1S/C21H24N6O4S/c1-31-20-7-3-2-5-16(20)13-22-21(28)17-6-4-12-26(14-17)32(29,30)19-10-8-18(9-11-19)27-15-23-24-25-27/h2-3,5,7-11,15,17H,4,6,12-14H2,1H3,(H,22,28). The number of piperidine rings is 1. The summed E-state index contributed by atoms with van der Waals surface area (Å²) in [5, 5.41) is 13.9. The van der Waals surface area contributed by atoms with Gasteiger partial charge in [-0.05, 0) is 53.6 Å². The number of carbonyl (C=O) groups is 1. The van der Waals surface area contributed by atoms with Crippen molar-refractivity contribution in [2.45, 2.75) is 24.3 Å². The van der Waals surface area contributed by atoms with Crippen molar-refractivity contribution in [3.8, 4) is 11.4 Å². The largest absolute Gasteiger partial charge is 0.496 e. The number of para-hydroxylation sites is 1. The molecule has 1 aliphatic heterocycles. The maximum atomic E-state index is 13.1. The van der Waals surface area contributed by atoms with Crippen molar-refractivity contribution in [2.75, 3.05) is 20.2 Å². The first-order valence-electron chi connectivity index (χ1n) is 10.2. The third-order valence-corrected chi connectivity index (χ3v) is 7.37. The SMILES string of the molecule is COc1ccccc1CNC(=O)C1CCCN(S(=O)(=O)c2ccc(-n3cnnn3)cc2)C1. The summed E-state index contributed by atoms with van der Waals surface area (Å²) in [5.41, 5.74) is 1.52. The third-order valence-electron chi connectivity index (χ3n) is 5.49. The summed E-state index contributed by atoms with van der Waals surface area (Å²) in [6.45, 7) is 0.854. The second-order valence-electron chi connectivity index (χ2n) is 7.48. The normalized spacial score (nSPS) is 17.1. The zero-order valence-electron chi connectivity index (χ0n) is 17.6. The van der Waals surface area contributed by atoms with E-state index in [0.717, 1.165) is 5.56 Å². The topological polar surface area (TPSA) is 119 Å². The highest BCUT2D eigenvalue weighted by atomic mass is 32.2. The number of nitrogens with one attached hydrogen (secondary N) is 1. The highest BCUT2D eigenvalue weighted by molar-refractivity contribution is 7.89. The summed E-state index contributed by atoms with van der Waals surface area (Å²) in [7, 11) is -2.14. The molecular weight excluding hydrogens is 432 g/mol. The zero-order chi connectivity index (χ0) is 22.6. The summed E-state index contributed by atoms with van der Waals surface area (Å²) in [5.74, 6) is 0.129. The lowest BCUT2D eigenvalue weighted by Gasteiger charge is -2.31. The van der Waals surface area contributed by atoms with Crippen molar-refractivity contribution in [2.24, 2.45) is 5.92 Å². The van der Waals surface area contributed by atoms with Gasteiger partial charge in [0, 0.05) is 25.2 Å². The number of methoxy groups -OCH3 is 1. The maximum Gasteiger partial charge on any atom is 0.243 e. The molecule has 1 atom stereocenters. The van der Waals surface area contributed by atoms with Crippen LogP contribution in [0.5, 0.6) is 5.75 Å². The molecule has 0 saturated carbocycles. The number of hydrogen-bond acceptors (Lipinski definition) is 7. The van der Waals surface area contributed by atoms with E-state index in [4.69, 9.17) is 4.74 Å². The van der Waals surface area contributed by atoms with Gasteiger partial charge in [-0.2, -0.15) is 4.31 Å². The average molecular weight is 457 g/mol. The Balaban J connectivity index is 1.41. The van der Waals surface area contributed by atoms with Gasteiger partial charge < -0.3 is 10.1 Å². The van der Waals surface area contributed by atoms with Gasteiger partial charge >= 0.3 is 0 Å². The van der Waals surface area contributed by atoms with E-state index in [1.165, 1.54) is 27.4 Å². The van der Waals surface area contributed by atoms with Gasteiger partial charge in [0.05, 0.1) is 23.6 Å². The molecule has 1 aliphatic rings. The molecule has 0 spiro atoms. The Morgan fingerprint density at radius 2 is 1.97 bits per heavy atom. The molecule has 168 valence electrons. The van der Waals surface area contributed by atoms with Crippen LogP contribution in [0.15, 0.2) is 59.8 Å². The van der Waals surface area contributed by atoms with Crippen molar-refractivity contribution in [1.29, 1.82) is 0 Å². The summed E-state index contributed by atoms with van der Waals surface area (Å²) in [4.78, 5) is 12.9. The van der Waals surface area contributed by atoms with Gasteiger partial charge in [-0.1, -0.05) is 18.2 Å². The molecule has 3 aromatic rings.